The average Bonchev–Trinajstić information content (AvgIpc) is 3.16. The second kappa shape index (κ2) is 5.70. The van der Waals surface area contributed by atoms with Gasteiger partial charge in [0.1, 0.15) is 11.1 Å². The van der Waals surface area contributed by atoms with Gasteiger partial charge < -0.3 is 9.47 Å². The highest BCUT2D eigenvalue weighted by molar-refractivity contribution is 7.13. The molecule has 1 aromatic carbocycles. The molecule has 0 spiro atoms. The summed E-state index contributed by atoms with van der Waals surface area (Å²) in [7, 11) is 1.34. The van der Waals surface area contributed by atoms with Gasteiger partial charge in [-0.1, -0.05) is 30.3 Å². The van der Waals surface area contributed by atoms with Crippen LogP contribution in [0.25, 0.3) is 10.6 Å². The Morgan fingerprint density at radius 1 is 1.45 bits per heavy atom. The van der Waals surface area contributed by atoms with Crippen molar-refractivity contribution in [3.63, 3.8) is 0 Å². The zero-order chi connectivity index (χ0) is 13.9. The molecule has 1 aliphatic rings. The van der Waals surface area contributed by atoms with Crippen LogP contribution in [0.2, 0.25) is 0 Å². The number of ether oxygens (including phenoxy) is 2. The lowest BCUT2D eigenvalue weighted by atomic mass is 10.2. The van der Waals surface area contributed by atoms with Gasteiger partial charge in [-0.25, -0.2) is 9.78 Å². The van der Waals surface area contributed by atoms with Gasteiger partial charge in [0.15, 0.2) is 0 Å². The van der Waals surface area contributed by atoms with Gasteiger partial charge in [0.25, 0.3) is 0 Å². The smallest absolute Gasteiger partial charge is 0.350 e. The molecule has 104 valence electrons. The Balaban J connectivity index is 1.74. The molecule has 0 amide bonds. The summed E-state index contributed by atoms with van der Waals surface area (Å²) < 4.78 is 10.3. The molecule has 1 aromatic heterocycles. The van der Waals surface area contributed by atoms with Crippen molar-refractivity contribution in [3.8, 4) is 10.6 Å². The van der Waals surface area contributed by atoms with Crippen molar-refractivity contribution in [2.45, 2.75) is 12.3 Å². The molecule has 0 aliphatic carbocycles. The highest BCUT2D eigenvalue weighted by atomic mass is 32.1. The van der Waals surface area contributed by atoms with E-state index in [9.17, 15) is 4.79 Å². The SMILES string of the molecule is COC(=O)C1NCC(c2csc(-c3ccccc3)n2)O1. The van der Waals surface area contributed by atoms with Crippen molar-refractivity contribution in [2.75, 3.05) is 13.7 Å². The summed E-state index contributed by atoms with van der Waals surface area (Å²) in [6, 6.07) is 9.98. The van der Waals surface area contributed by atoms with E-state index in [1.807, 2.05) is 35.7 Å². The molecule has 2 aromatic rings. The summed E-state index contributed by atoms with van der Waals surface area (Å²) in [4.78, 5) is 16.0. The Hall–Kier alpha value is -1.76. The first kappa shape index (κ1) is 13.2. The van der Waals surface area contributed by atoms with Gasteiger partial charge in [0.2, 0.25) is 6.23 Å². The highest BCUT2D eigenvalue weighted by Crippen LogP contribution is 2.29. The van der Waals surface area contributed by atoms with E-state index >= 15 is 0 Å². The first-order valence-corrected chi connectivity index (χ1v) is 7.13. The third kappa shape index (κ3) is 2.58. The molecule has 6 heteroatoms. The zero-order valence-electron chi connectivity index (χ0n) is 10.9. The Morgan fingerprint density at radius 3 is 3.00 bits per heavy atom. The van der Waals surface area contributed by atoms with E-state index in [1.54, 1.807) is 11.3 Å². The molecule has 2 atom stereocenters. The summed E-state index contributed by atoms with van der Waals surface area (Å²) >= 11 is 1.57. The van der Waals surface area contributed by atoms with E-state index in [2.05, 4.69) is 15.0 Å². The number of carbonyl (C=O) groups is 1. The van der Waals surface area contributed by atoms with E-state index in [1.165, 1.54) is 7.11 Å². The number of nitrogens with zero attached hydrogens (tertiary/aromatic N) is 1. The second-order valence-electron chi connectivity index (χ2n) is 4.38. The lowest BCUT2D eigenvalue weighted by Crippen LogP contribution is -2.32. The molecule has 20 heavy (non-hydrogen) atoms. The van der Waals surface area contributed by atoms with Crippen LogP contribution in [0, 0.1) is 0 Å². The number of carbonyl (C=O) groups excluding carboxylic acids is 1. The molecule has 2 heterocycles. The molecule has 1 aliphatic heterocycles. The van der Waals surface area contributed by atoms with Crippen molar-refractivity contribution in [3.05, 3.63) is 41.4 Å². The first-order chi connectivity index (χ1) is 9.78. The van der Waals surface area contributed by atoms with E-state index in [4.69, 9.17) is 4.74 Å². The van der Waals surface area contributed by atoms with Crippen molar-refractivity contribution < 1.29 is 14.3 Å². The molecular weight excluding hydrogens is 276 g/mol. The van der Waals surface area contributed by atoms with E-state index in [0.717, 1.165) is 16.3 Å². The lowest BCUT2D eigenvalue weighted by Gasteiger charge is -2.08. The van der Waals surface area contributed by atoms with Crippen LogP contribution in [0.1, 0.15) is 11.8 Å². The molecule has 1 saturated heterocycles. The number of nitrogens with one attached hydrogen (secondary N) is 1. The molecule has 1 N–H and O–H groups in total. The summed E-state index contributed by atoms with van der Waals surface area (Å²) in [5.74, 6) is -0.411. The number of methoxy groups -OCH3 is 1. The Labute approximate surface area is 120 Å². The molecule has 0 bridgehead atoms. The Kier molecular flexibility index (Phi) is 3.77. The number of aromatic nitrogens is 1. The number of hydrogen-bond acceptors (Lipinski definition) is 6. The summed E-state index contributed by atoms with van der Waals surface area (Å²) in [5.41, 5.74) is 1.92. The van der Waals surface area contributed by atoms with Crippen molar-refractivity contribution in [1.29, 1.82) is 0 Å². The fourth-order valence-electron chi connectivity index (χ4n) is 2.04. The minimum absolute atomic E-state index is 0.215. The molecule has 0 saturated carbocycles. The maximum absolute atomic E-state index is 11.4. The molecule has 0 radical (unpaired) electrons. The van der Waals surface area contributed by atoms with Crippen molar-refractivity contribution >= 4 is 17.3 Å². The van der Waals surface area contributed by atoms with Crippen LogP contribution in [0.5, 0.6) is 0 Å². The van der Waals surface area contributed by atoms with Gasteiger partial charge in [0, 0.05) is 17.5 Å². The third-order valence-electron chi connectivity index (χ3n) is 3.08. The van der Waals surface area contributed by atoms with Crippen LogP contribution in [0.4, 0.5) is 0 Å². The van der Waals surface area contributed by atoms with Crippen LogP contribution in [0.3, 0.4) is 0 Å². The highest BCUT2D eigenvalue weighted by Gasteiger charge is 2.33. The van der Waals surface area contributed by atoms with Gasteiger partial charge in [-0.3, -0.25) is 5.32 Å². The van der Waals surface area contributed by atoms with Crippen LogP contribution in [0.15, 0.2) is 35.7 Å². The van der Waals surface area contributed by atoms with E-state index in [0.29, 0.717) is 6.54 Å². The number of esters is 1. The fraction of sp³-hybridized carbons (Fsp3) is 0.286. The third-order valence-corrected chi connectivity index (χ3v) is 3.99. The maximum atomic E-state index is 11.4. The standard InChI is InChI=1S/C14H14N2O3S/c1-18-14(17)12-15-7-11(19-12)10-8-20-13(16-10)9-5-3-2-4-6-9/h2-6,8,11-12,15H,7H2,1H3. The minimum atomic E-state index is -0.702. The van der Waals surface area contributed by atoms with Crippen LogP contribution >= 0.6 is 11.3 Å². The number of rotatable bonds is 3. The number of hydrogen-bond donors (Lipinski definition) is 1. The second-order valence-corrected chi connectivity index (χ2v) is 5.24. The van der Waals surface area contributed by atoms with E-state index < -0.39 is 12.2 Å². The monoisotopic (exact) mass is 290 g/mol. The summed E-state index contributed by atoms with van der Waals surface area (Å²) in [5, 5.41) is 5.89. The molecule has 3 rings (SSSR count). The predicted octanol–water partition coefficient (Wildman–Crippen LogP) is 1.97. The zero-order valence-corrected chi connectivity index (χ0v) is 11.7. The summed E-state index contributed by atoms with van der Waals surface area (Å²) in [6.07, 6.45) is -0.917. The van der Waals surface area contributed by atoms with Gasteiger partial charge in [0.05, 0.1) is 12.8 Å². The van der Waals surface area contributed by atoms with E-state index in [-0.39, 0.29) is 6.10 Å². The van der Waals surface area contributed by atoms with Crippen LogP contribution in [-0.4, -0.2) is 30.8 Å². The molecule has 2 unspecified atom stereocenters. The van der Waals surface area contributed by atoms with Gasteiger partial charge >= 0.3 is 5.97 Å². The average molecular weight is 290 g/mol. The normalized spacial score (nSPS) is 21.9. The first-order valence-electron chi connectivity index (χ1n) is 6.25. The van der Waals surface area contributed by atoms with Gasteiger partial charge in [-0.2, -0.15) is 0 Å². The van der Waals surface area contributed by atoms with Crippen LogP contribution in [-0.2, 0) is 14.3 Å². The Bertz CT molecular complexity index is 599. The lowest BCUT2D eigenvalue weighted by molar-refractivity contribution is -0.154. The maximum Gasteiger partial charge on any atom is 0.350 e. The predicted molar refractivity (Wildman–Crippen MR) is 75.2 cm³/mol. The van der Waals surface area contributed by atoms with Crippen molar-refractivity contribution in [1.82, 2.24) is 10.3 Å². The van der Waals surface area contributed by atoms with Gasteiger partial charge in [-0.15, -0.1) is 11.3 Å². The van der Waals surface area contributed by atoms with Crippen LogP contribution < -0.4 is 5.32 Å². The Morgan fingerprint density at radius 2 is 2.25 bits per heavy atom. The van der Waals surface area contributed by atoms with Crippen molar-refractivity contribution in [2.24, 2.45) is 0 Å². The molecule has 1 fully saturated rings. The molecular formula is C14H14N2O3S. The minimum Gasteiger partial charge on any atom is -0.466 e. The fourth-order valence-corrected chi connectivity index (χ4v) is 2.91. The molecule has 5 nitrogen and oxygen atoms in total. The number of thiazole rings is 1. The summed E-state index contributed by atoms with van der Waals surface area (Å²) in [6.45, 7) is 0.553. The quantitative estimate of drug-likeness (QED) is 0.876. The largest absolute Gasteiger partial charge is 0.466 e. The van der Waals surface area contributed by atoms with Gasteiger partial charge in [-0.05, 0) is 0 Å². The topological polar surface area (TPSA) is 60.5 Å². The number of benzene rings is 1.